The van der Waals surface area contributed by atoms with Crippen molar-refractivity contribution in [3.8, 4) is 11.5 Å². The van der Waals surface area contributed by atoms with Gasteiger partial charge in [-0.1, -0.05) is 51.5 Å². The lowest BCUT2D eigenvalue weighted by Gasteiger charge is -2.10. The summed E-state index contributed by atoms with van der Waals surface area (Å²) in [5, 5.41) is 17.7. The van der Waals surface area contributed by atoms with Crippen LogP contribution in [0.4, 0.5) is 0 Å². The molecule has 0 aromatic heterocycles. The van der Waals surface area contributed by atoms with Gasteiger partial charge in [-0.3, -0.25) is 0 Å². The van der Waals surface area contributed by atoms with Crippen LogP contribution in [-0.2, 0) is 0 Å². The summed E-state index contributed by atoms with van der Waals surface area (Å²) in [6.45, 7) is 7.20. The third-order valence-electron chi connectivity index (χ3n) is 3.56. The number of rotatable bonds is 9. The van der Waals surface area contributed by atoms with E-state index in [2.05, 4.69) is 6.92 Å². The van der Waals surface area contributed by atoms with Crippen molar-refractivity contribution >= 4 is 11.9 Å². The van der Waals surface area contributed by atoms with Gasteiger partial charge in [0.2, 0.25) is 0 Å². The third kappa shape index (κ3) is 8.12. The van der Waals surface area contributed by atoms with E-state index in [1.165, 1.54) is 6.07 Å². The van der Waals surface area contributed by atoms with E-state index in [0.717, 1.165) is 12.8 Å². The topological polar surface area (TPSA) is 93.1 Å². The number of unbranched alkanes of at least 4 members (excludes halogenated alkanes) is 1. The Morgan fingerprint density at radius 1 is 0.857 bits per heavy atom. The van der Waals surface area contributed by atoms with Crippen molar-refractivity contribution in [2.75, 3.05) is 13.2 Å². The molecule has 0 unspecified atom stereocenters. The fraction of sp³-hybridized carbons (Fsp3) is 0.364. The minimum absolute atomic E-state index is 0.216. The summed E-state index contributed by atoms with van der Waals surface area (Å²) in [4.78, 5) is 21.6. The average molecular weight is 388 g/mol. The van der Waals surface area contributed by atoms with Crippen LogP contribution in [0.2, 0.25) is 0 Å². The second-order valence-corrected chi connectivity index (χ2v) is 6.51. The number of carboxylic acid groups (broad SMARTS) is 2. The summed E-state index contributed by atoms with van der Waals surface area (Å²) in [7, 11) is 0. The zero-order chi connectivity index (χ0) is 20.9. The SMILES string of the molecule is CC(C)COc1ccccc1C(=O)O.CCCCOc1ccccc1C(=O)O. The molecule has 152 valence electrons. The van der Waals surface area contributed by atoms with Crippen LogP contribution in [0, 0.1) is 5.92 Å². The Labute approximate surface area is 165 Å². The van der Waals surface area contributed by atoms with Crippen molar-refractivity contribution in [2.24, 2.45) is 5.92 Å². The lowest BCUT2D eigenvalue weighted by molar-refractivity contribution is 0.0680. The largest absolute Gasteiger partial charge is 0.493 e. The van der Waals surface area contributed by atoms with Gasteiger partial charge in [-0.15, -0.1) is 0 Å². The van der Waals surface area contributed by atoms with Gasteiger partial charge in [-0.25, -0.2) is 9.59 Å². The standard InChI is InChI=1S/2C11H14O3/c1-8(2)7-14-10-6-4-3-5-9(10)11(12)13;1-2-3-8-14-10-7-5-4-6-9(10)11(12)13/h3-6,8H,7H2,1-2H3,(H,12,13);4-7H,2-3,8H2,1H3,(H,12,13). The first-order chi connectivity index (χ1) is 13.4. The van der Waals surface area contributed by atoms with Gasteiger partial charge in [0.1, 0.15) is 22.6 Å². The predicted molar refractivity (Wildman–Crippen MR) is 108 cm³/mol. The van der Waals surface area contributed by atoms with Crippen molar-refractivity contribution in [3.63, 3.8) is 0 Å². The molecule has 0 aliphatic carbocycles. The van der Waals surface area contributed by atoms with Gasteiger partial charge in [0, 0.05) is 0 Å². The van der Waals surface area contributed by atoms with E-state index >= 15 is 0 Å². The van der Waals surface area contributed by atoms with E-state index in [1.54, 1.807) is 42.5 Å². The molecule has 6 nitrogen and oxygen atoms in total. The molecule has 2 N–H and O–H groups in total. The molecule has 2 aromatic carbocycles. The van der Waals surface area contributed by atoms with E-state index < -0.39 is 11.9 Å². The maximum absolute atomic E-state index is 10.8. The highest BCUT2D eigenvalue weighted by Crippen LogP contribution is 2.19. The summed E-state index contributed by atoms with van der Waals surface area (Å²) in [6.07, 6.45) is 1.98. The molecule has 0 aliphatic heterocycles. The quantitative estimate of drug-likeness (QED) is 0.588. The Morgan fingerprint density at radius 3 is 1.75 bits per heavy atom. The molecule has 0 saturated carbocycles. The maximum Gasteiger partial charge on any atom is 0.339 e. The first kappa shape index (κ1) is 23.0. The number of hydrogen-bond acceptors (Lipinski definition) is 4. The Kier molecular flexibility index (Phi) is 10.2. The number of carboxylic acids is 2. The average Bonchev–Trinajstić information content (AvgIpc) is 2.67. The van der Waals surface area contributed by atoms with Gasteiger partial charge < -0.3 is 19.7 Å². The first-order valence-corrected chi connectivity index (χ1v) is 9.27. The van der Waals surface area contributed by atoms with Crippen LogP contribution in [0.3, 0.4) is 0 Å². The fourth-order valence-corrected chi connectivity index (χ4v) is 2.12. The Morgan fingerprint density at radius 2 is 1.32 bits per heavy atom. The van der Waals surface area contributed by atoms with Gasteiger partial charge >= 0.3 is 11.9 Å². The lowest BCUT2D eigenvalue weighted by atomic mass is 10.2. The Hall–Kier alpha value is -3.02. The van der Waals surface area contributed by atoms with Crippen LogP contribution in [0.5, 0.6) is 11.5 Å². The summed E-state index contributed by atoms with van der Waals surface area (Å²) < 4.78 is 10.7. The number of para-hydroxylation sites is 2. The number of benzene rings is 2. The second kappa shape index (κ2) is 12.4. The molecule has 2 aromatic rings. The molecule has 2 rings (SSSR count). The molecule has 0 radical (unpaired) electrons. The number of ether oxygens (including phenoxy) is 2. The van der Waals surface area contributed by atoms with Crippen LogP contribution >= 0.6 is 0 Å². The van der Waals surface area contributed by atoms with Gasteiger partial charge in [0.05, 0.1) is 13.2 Å². The van der Waals surface area contributed by atoms with Crippen LogP contribution in [0.25, 0.3) is 0 Å². The molecule has 0 amide bonds. The van der Waals surface area contributed by atoms with Crippen molar-refractivity contribution in [3.05, 3.63) is 59.7 Å². The number of aromatic carboxylic acids is 2. The zero-order valence-corrected chi connectivity index (χ0v) is 16.6. The Bertz CT molecular complexity index is 754. The molecule has 0 aliphatic rings. The van der Waals surface area contributed by atoms with Crippen molar-refractivity contribution in [1.29, 1.82) is 0 Å². The van der Waals surface area contributed by atoms with Gasteiger partial charge in [0.25, 0.3) is 0 Å². The normalized spacial score (nSPS) is 10.0. The first-order valence-electron chi connectivity index (χ1n) is 9.27. The molecule has 0 spiro atoms. The summed E-state index contributed by atoms with van der Waals surface area (Å²) in [5.41, 5.74) is 0.441. The van der Waals surface area contributed by atoms with Crippen molar-refractivity contribution in [1.82, 2.24) is 0 Å². The molecule has 6 heteroatoms. The minimum Gasteiger partial charge on any atom is -0.493 e. The van der Waals surface area contributed by atoms with Crippen LogP contribution < -0.4 is 9.47 Å². The zero-order valence-electron chi connectivity index (χ0n) is 16.6. The third-order valence-corrected chi connectivity index (χ3v) is 3.56. The number of carbonyl (C=O) groups is 2. The molecule has 0 heterocycles. The lowest BCUT2D eigenvalue weighted by Crippen LogP contribution is -2.08. The molecule has 0 atom stereocenters. The van der Waals surface area contributed by atoms with E-state index in [4.69, 9.17) is 19.7 Å². The maximum atomic E-state index is 10.8. The highest BCUT2D eigenvalue weighted by Gasteiger charge is 2.10. The van der Waals surface area contributed by atoms with E-state index in [1.807, 2.05) is 13.8 Å². The molecular formula is C22H28O6. The molecule has 0 fully saturated rings. The van der Waals surface area contributed by atoms with E-state index in [-0.39, 0.29) is 11.1 Å². The number of hydrogen-bond donors (Lipinski definition) is 2. The summed E-state index contributed by atoms with van der Waals surface area (Å²) in [5.74, 6) is -0.625. The Balaban J connectivity index is 0.000000280. The fourth-order valence-electron chi connectivity index (χ4n) is 2.12. The van der Waals surface area contributed by atoms with E-state index in [0.29, 0.717) is 30.6 Å². The van der Waals surface area contributed by atoms with Crippen LogP contribution in [0.1, 0.15) is 54.3 Å². The smallest absolute Gasteiger partial charge is 0.339 e. The summed E-state index contributed by atoms with van der Waals surface area (Å²) in [6, 6.07) is 13.4. The van der Waals surface area contributed by atoms with Gasteiger partial charge in [-0.2, -0.15) is 0 Å². The molecule has 0 bridgehead atoms. The molecular weight excluding hydrogens is 360 g/mol. The van der Waals surface area contributed by atoms with Crippen LogP contribution in [0.15, 0.2) is 48.5 Å². The second-order valence-electron chi connectivity index (χ2n) is 6.51. The molecule has 28 heavy (non-hydrogen) atoms. The highest BCUT2D eigenvalue weighted by atomic mass is 16.5. The van der Waals surface area contributed by atoms with Crippen LogP contribution in [-0.4, -0.2) is 35.4 Å². The summed E-state index contributed by atoms with van der Waals surface area (Å²) >= 11 is 0. The van der Waals surface area contributed by atoms with Crippen molar-refractivity contribution in [2.45, 2.75) is 33.6 Å². The highest BCUT2D eigenvalue weighted by molar-refractivity contribution is 5.91. The molecule has 0 saturated heterocycles. The van der Waals surface area contributed by atoms with Gasteiger partial charge in [-0.05, 0) is 36.6 Å². The minimum atomic E-state index is -0.954. The van der Waals surface area contributed by atoms with E-state index in [9.17, 15) is 9.59 Å². The monoisotopic (exact) mass is 388 g/mol. The predicted octanol–water partition coefficient (Wildman–Crippen LogP) is 4.98. The van der Waals surface area contributed by atoms with Crippen molar-refractivity contribution < 1.29 is 29.3 Å². The van der Waals surface area contributed by atoms with Gasteiger partial charge in [0.15, 0.2) is 0 Å².